The number of hydrogen-bond donors (Lipinski definition) is 2. The summed E-state index contributed by atoms with van der Waals surface area (Å²) in [4.78, 5) is 11.3. The second-order valence-electron chi connectivity index (χ2n) is 4.21. The van der Waals surface area contributed by atoms with Crippen LogP contribution in [0.2, 0.25) is 0 Å². The molecule has 82 valence electrons. The van der Waals surface area contributed by atoms with E-state index < -0.39 is 11.4 Å². The second kappa shape index (κ2) is 3.66. The fourth-order valence-corrected chi connectivity index (χ4v) is 2.11. The summed E-state index contributed by atoms with van der Waals surface area (Å²) in [6.07, 6.45) is 4.87. The molecule has 0 saturated carbocycles. The van der Waals surface area contributed by atoms with Crippen molar-refractivity contribution in [3.8, 4) is 0 Å². The fourth-order valence-electron chi connectivity index (χ4n) is 2.11. The molecule has 0 aromatic carbocycles. The number of aliphatic carboxylic acids is 1. The van der Waals surface area contributed by atoms with E-state index in [1.54, 1.807) is 10.9 Å². The molecule has 1 atom stereocenters. The van der Waals surface area contributed by atoms with Crippen LogP contribution in [-0.2, 0) is 18.3 Å². The normalized spacial score (nSPS) is 25.7. The second-order valence-corrected chi connectivity index (χ2v) is 4.21. The molecule has 1 aromatic rings. The topological polar surface area (TPSA) is 67.2 Å². The van der Waals surface area contributed by atoms with E-state index in [1.807, 2.05) is 13.2 Å². The highest BCUT2D eigenvalue weighted by Gasteiger charge is 2.41. The predicted molar refractivity (Wildman–Crippen MR) is 54.5 cm³/mol. The van der Waals surface area contributed by atoms with Gasteiger partial charge < -0.3 is 10.4 Å². The molecule has 5 nitrogen and oxygen atoms in total. The molecule has 0 radical (unpaired) electrons. The van der Waals surface area contributed by atoms with Gasteiger partial charge in [-0.25, -0.2) is 0 Å². The first-order valence-electron chi connectivity index (χ1n) is 5.04. The highest BCUT2D eigenvalue weighted by Crippen LogP contribution is 2.30. The van der Waals surface area contributed by atoms with Crippen LogP contribution >= 0.6 is 0 Å². The number of nitrogens with zero attached hydrogens (tertiary/aromatic N) is 2. The molecule has 2 rings (SSSR count). The number of carboxylic acids is 1. The molecule has 1 saturated heterocycles. The Hall–Kier alpha value is -1.36. The summed E-state index contributed by atoms with van der Waals surface area (Å²) in [5, 5.41) is 16.4. The standard InChI is InChI=1S/C10H15N3O2/c1-13-6-8(5-12-13)4-10(9(14)15)2-3-11-7-10/h5-6,11H,2-4,7H2,1H3,(H,14,15). The first-order valence-corrected chi connectivity index (χ1v) is 5.04. The minimum absolute atomic E-state index is 0.553. The number of aryl methyl sites for hydroxylation is 1. The van der Waals surface area contributed by atoms with Crippen LogP contribution in [-0.4, -0.2) is 33.9 Å². The van der Waals surface area contributed by atoms with Gasteiger partial charge in [0.2, 0.25) is 0 Å². The maximum atomic E-state index is 11.3. The lowest BCUT2D eigenvalue weighted by Gasteiger charge is -2.21. The van der Waals surface area contributed by atoms with Crippen molar-refractivity contribution >= 4 is 5.97 Å². The first kappa shape index (κ1) is 10.2. The summed E-state index contributed by atoms with van der Waals surface area (Å²) in [6, 6.07) is 0. The van der Waals surface area contributed by atoms with Crippen molar-refractivity contribution in [1.82, 2.24) is 15.1 Å². The highest BCUT2D eigenvalue weighted by molar-refractivity contribution is 5.75. The number of nitrogens with one attached hydrogen (secondary N) is 1. The Balaban J connectivity index is 2.17. The van der Waals surface area contributed by atoms with E-state index >= 15 is 0 Å². The van der Waals surface area contributed by atoms with Crippen LogP contribution in [0.5, 0.6) is 0 Å². The summed E-state index contributed by atoms with van der Waals surface area (Å²) >= 11 is 0. The lowest BCUT2D eigenvalue weighted by atomic mass is 9.82. The SMILES string of the molecule is Cn1cc(CC2(C(=O)O)CCNC2)cn1. The summed E-state index contributed by atoms with van der Waals surface area (Å²) in [7, 11) is 1.84. The molecule has 0 bridgehead atoms. The van der Waals surface area contributed by atoms with E-state index in [-0.39, 0.29) is 0 Å². The Labute approximate surface area is 88.1 Å². The van der Waals surface area contributed by atoms with Crippen molar-refractivity contribution in [3.05, 3.63) is 18.0 Å². The lowest BCUT2D eigenvalue weighted by Crippen LogP contribution is -2.35. The van der Waals surface area contributed by atoms with Gasteiger partial charge in [0, 0.05) is 19.8 Å². The monoisotopic (exact) mass is 209 g/mol. The molecule has 2 heterocycles. The first-order chi connectivity index (χ1) is 7.12. The Morgan fingerprint density at radius 1 is 1.80 bits per heavy atom. The largest absolute Gasteiger partial charge is 0.481 e. The molecule has 2 N–H and O–H groups in total. The quantitative estimate of drug-likeness (QED) is 0.737. The maximum absolute atomic E-state index is 11.3. The highest BCUT2D eigenvalue weighted by atomic mass is 16.4. The van der Waals surface area contributed by atoms with Gasteiger partial charge in [-0.2, -0.15) is 5.10 Å². The molecule has 5 heteroatoms. The van der Waals surface area contributed by atoms with Crippen molar-refractivity contribution < 1.29 is 9.90 Å². The van der Waals surface area contributed by atoms with Crippen LogP contribution < -0.4 is 5.32 Å². The zero-order valence-electron chi connectivity index (χ0n) is 8.73. The third-order valence-corrected chi connectivity index (χ3v) is 3.00. The zero-order chi connectivity index (χ0) is 10.9. The van der Waals surface area contributed by atoms with Crippen molar-refractivity contribution in [1.29, 1.82) is 0 Å². The molecule has 1 aromatic heterocycles. The van der Waals surface area contributed by atoms with Gasteiger partial charge in [0.1, 0.15) is 0 Å². The molecular formula is C10H15N3O2. The summed E-state index contributed by atoms with van der Waals surface area (Å²) in [5.41, 5.74) is 0.354. The Kier molecular flexibility index (Phi) is 2.48. The molecule has 0 aliphatic carbocycles. The number of aromatic nitrogens is 2. The molecule has 0 spiro atoms. The third kappa shape index (κ3) is 1.87. The van der Waals surface area contributed by atoms with E-state index in [9.17, 15) is 9.90 Å². The van der Waals surface area contributed by atoms with E-state index in [4.69, 9.17) is 0 Å². The number of rotatable bonds is 3. The Morgan fingerprint density at radius 3 is 3.07 bits per heavy atom. The fraction of sp³-hybridized carbons (Fsp3) is 0.600. The maximum Gasteiger partial charge on any atom is 0.311 e. The molecule has 15 heavy (non-hydrogen) atoms. The van der Waals surface area contributed by atoms with E-state index in [0.29, 0.717) is 19.4 Å². The van der Waals surface area contributed by atoms with E-state index in [2.05, 4.69) is 10.4 Å². The van der Waals surface area contributed by atoms with Crippen LogP contribution in [0, 0.1) is 5.41 Å². The van der Waals surface area contributed by atoms with Gasteiger partial charge in [-0.05, 0) is 24.9 Å². The van der Waals surface area contributed by atoms with Gasteiger partial charge in [0.05, 0.1) is 11.6 Å². The van der Waals surface area contributed by atoms with Gasteiger partial charge in [-0.3, -0.25) is 9.48 Å². The smallest absolute Gasteiger partial charge is 0.311 e. The van der Waals surface area contributed by atoms with Crippen LogP contribution in [0.3, 0.4) is 0 Å². The van der Waals surface area contributed by atoms with Crippen molar-refractivity contribution in [2.24, 2.45) is 12.5 Å². The zero-order valence-corrected chi connectivity index (χ0v) is 8.73. The van der Waals surface area contributed by atoms with Gasteiger partial charge in [0.15, 0.2) is 0 Å². The van der Waals surface area contributed by atoms with Gasteiger partial charge in [-0.15, -0.1) is 0 Å². The van der Waals surface area contributed by atoms with Crippen LogP contribution in [0.1, 0.15) is 12.0 Å². The summed E-state index contributed by atoms with van der Waals surface area (Å²) < 4.78 is 1.70. The minimum atomic E-state index is -0.712. The summed E-state index contributed by atoms with van der Waals surface area (Å²) in [6.45, 7) is 1.34. The average Bonchev–Trinajstić information content (AvgIpc) is 2.77. The van der Waals surface area contributed by atoms with Crippen molar-refractivity contribution in [2.45, 2.75) is 12.8 Å². The van der Waals surface area contributed by atoms with Gasteiger partial charge >= 0.3 is 5.97 Å². The van der Waals surface area contributed by atoms with Crippen LogP contribution in [0.15, 0.2) is 12.4 Å². The van der Waals surface area contributed by atoms with Gasteiger partial charge in [0.25, 0.3) is 0 Å². The molecule has 1 unspecified atom stereocenters. The molecule has 0 amide bonds. The Morgan fingerprint density at radius 2 is 2.60 bits per heavy atom. The molecule has 1 fully saturated rings. The number of carbonyl (C=O) groups is 1. The molecule has 1 aliphatic heterocycles. The van der Waals surface area contributed by atoms with Crippen LogP contribution in [0.25, 0.3) is 0 Å². The predicted octanol–water partition coefficient (Wildman–Crippen LogP) is 0.0269. The van der Waals surface area contributed by atoms with Crippen molar-refractivity contribution in [2.75, 3.05) is 13.1 Å². The molecular weight excluding hydrogens is 194 g/mol. The number of hydrogen-bond acceptors (Lipinski definition) is 3. The van der Waals surface area contributed by atoms with Gasteiger partial charge in [-0.1, -0.05) is 0 Å². The molecule has 1 aliphatic rings. The lowest BCUT2D eigenvalue weighted by molar-refractivity contribution is -0.147. The number of carboxylic acid groups (broad SMARTS) is 1. The summed E-state index contributed by atoms with van der Waals surface area (Å²) in [5.74, 6) is -0.712. The van der Waals surface area contributed by atoms with Crippen LogP contribution in [0.4, 0.5) is 0 Å². The van der Waals surface area contributed by atoms with E-state index in [0.717, 1.165) is 12.1 Å². The van der Waals surface area contributed by atoms with E-state index in [1.165, 1.54) is 0 Å². The third-order valence-electron chi connectivity index (χ3n) is 3.00. The minimum Gasteiger partial charge on any atom is -0.481 e. The Bertz CT molecular complexity index is 366. The van der Waals surface area contributed by atoms with Crippen molar-refractivity contribution in [3.63, 3.8) is 0 Å². The average molecular weight is 209 g/mol.